The molecule has 0 bridgehead atoms. The number of allylic oxidation sites excluding steroid dienone is 2. The van der Waals surface area contributed by atoms with Gasteiger partial charge in [-0.1, -0.05) is 26.0 Å². The van der Waals surface area contributed by atoms with Crippen LogP contribution >= 0.6 is 0 Å². The highest BCUT2D eigenvalue weighted by Crippen LogP contribution is 2.48. The van der Waals surface area contributed by atoms with Crippen LogP contribution in [-0.4, -0.2) is 78.9 Å². The summed E-state index contributed by atoms with van der Waals surface area (Å²) in [6.45, 7) is 14.9. The molecule has 0 aromatic heterocycles. The van der Waals surface area contributed by atoms with E-state index in [1.54, 1.807) is 0 Å². The van der Waals surface area contributed by atoms with Crippen LogP contribution < -0.4 is 0 Å². The van der Waals surface area contributed by atoms with Crippen LogP contribution in [0.2, 0.25) is 0 Å². The fourth-order valence-corrected chi connectivity index (χ4v) is 5.22. The Hall–Kier alpha value is -0.960. The summed E-state index contributed by atoms with van der Waals surface area (Å²) < 4.78 is 22.5. The molecule has 2 atom stereocenters. The van der Waals surface area contributed by atoms with E-state index < -0.39 is 0 Å². The van der Waals surface area contributed by atoms with Gasteiger partial charge in [-0.25, -0.2) is 0 Å². The lowest BCUT2D eigenvalue weighted by atomic mass is 9.78. The highest BCUT2D eigenvalue weighted by molar-refractivity contribution is 5.41. The molecule has 2 fully saturated rings. The zero-order valence-electron chi connectivity index (χ0n) is 19.8. The first-order valence-corrected chi connectivity index (χ1v) is 11.9. The molecular formula is C24H40N2O5. The van der Waals surface area contributed by atoms with E-state index in [-0.39, 0.29) is 43.1 Å². The van der Waals surface area contributed by atoms with Crippen molar-refractivity contribution in [3.63, 3.8) is 0 Å². The number of ether oxygens (including phenoxy) is 4. The molecular weight excluding hydrogens is 396 g/mol. The molecule has 4 rings (SSSR count). The number of aliphatic hydroxyl groups excluding tert-OH is 1. The minimum absolute atomic E-state index is 0.0754. The second-order valence-electron chi connectivity index (χ2n) is 9.92. The first-order chi connectivity index (χ1) is 14.8. The lowest BCUT2D eigenvalue weighted by Gasteiger charge is -2.38. The van der Waals surface area contributed by atoms with Gasteiger partial charge in [-0.05, 0) is 32.8 Å². The third-order valence-corrected chi connectivity index (χ3v) is 7.48. The lowest BCUT2D eigenvalue weighted by molar-refractivity contribution is -0.379. The zero-order valence-corrected chi connectivity index (χ0v) is 19.8. The average molecular weight is 437 g/mol. The Morgan fingerprint density at radius 1 is 1.00 bits per heavy atom. The van der Waals surface area contributed by atoms with Gasteiger partial charge >= 0.3 is 0 Å². The van der Waals surface area contributed by atoms with Crippen molar-refractivity contribution in [1.29, 1.82) is 0 Å². The average Bonchev–Trinajstić information content (AvgIpc) is 2.89. The maximum atomic E-state index is 9.70. The third kappa shape index (κ3) is 5.02. The zero-order chi connectivity index (χ0) is 22.2. The standard InChI is InChI=1S/C24H40N2O5/c1-16-24(4,5)20-7-6-19(15-27)14-21(20)26(16)13-12-25(10-8-22-28-17(2)29-22)11-9-23-30-18(3)31-23/h6-7,16-19,22-23,27H,8-15H2,1-5H3. The Morgan fingerprint density at radius 3 is 2.10 bits per heavy atom. The maximum Gasteiger partial charge on any atom is 0.165 e. The molecule has 1 N–H and O–H groups in total. The van der Waals surface area contributed by atoms with Crippen molar-refractivity contribution in [3.05, 3.63) is 23.4 Å². The van der Waals surface area contributed by atoms with Crippen LogP contribution in [0.15, 0.2) is 23.4 Å². The third-order valence-electron chi connectivity index (χ3n) is 7.48. The molecule has 2 saturated heterocycles. The molecule has 2 unspecified atom stereocenters. The summed E-state index contributed by atoms with van der Waals surface area (Å²) >= 11 is 0. The maximum absolute atomic E-state index is 9.70. The van der Waals surface area contributed by atoms with Gasteiger partial charge in [-0.2, -0.15) is 0 Å². The molecule has 0 amide bonds. The van der Waals surface area contributed by atoms with Gasteiger partial charge in [-0.15, -0.1) is 0 Å². The normalized spacial score (nSPS) is 36.5. The van der Waals surface area contributed by atoms with Gasteiger partial charge in [0, 0.05) is 68.7 Å². The first kappa shape index (κ1) is 23.2. The molecule has 7 nitrogen and oxygen atoms in total. The van der Waals surface area contributed by atoms with Crippen LogP contribution in [0.4, 0.5) is 0 Å². The second-order valence-corrected chi connectivity index (χ2v) is 9.92. The SMILES string of the molecule is CC1OC(CCN(CCC2OC(C)O2)CCN2C3=C(C=CC(CO)C3)C(C)(C)C2C)O1. The Balaban J connectivity index is 1.36. The van der Waals surface area contributed by atoms with Crippen LogP contribution in [0.5, 0.6) is 0 Å². The van der Waals surface area contributed by atoms with Crippen molar-refractivity contribution in [3.8, 4) is 0 Å². The van der Waals surface area contributed by atoms with E-state index in [2.05, 4.69) is 42.7 Å². The van der Waals surface area contributed by atoms with Crippen LogP contribution in [0.1, 0.15) is 53.9 Å². The lowest BCUT2D eigenvalue weighted by Crippen LogP contribution is -2.45. The Bertz CT molecular complexity index is 659. The predicted octanol–water partition coefficient (Wildman–Crippen LogP) is 3.06. The van der Waals surface area contributed by atoms with Gasteiger partial charge in [0.05, 0.1) is 0 Å². The van der Waals surface area contributed by atoms with Gasteiger partial charge in [-0.3, -0.25) is 0 Å². The number of nitrogens with zero attached hydrogens (tertiary/aromatic N) is 2. The van der Waals surface area contributed by atoms with E-state index in [4.69, 9.17) is 18.9 Å². The smallest absolute Gasteiger partial charge is 0.165 e. The molecule has 0 radical (unpaired) electrons. The van der Waals surface area contributed by atoms with Gasteiger partial charge < -0.3 is 33.9 Å². The van der Waals surface area contributed by atoms with Crippen LogP contribution in [-0.2, 0) is 18.9 Å². The summed E-state index contributed by atoms with van der Waals surface area (Å²) in [6, 6.07) is 0.430. The van der Waals surface area contributed by atoms with E-state index in [0.29, 0.717) is 6.04 Å². The van der Waals surface area contributed by atoms with Crippen molar-refractivity contribution >= 4 is 0 Å². The Kier molecular flexibility index (Phi) is 7.11. The highest BCUT2D eigenvalue weighted by Gasteiger charge is 2.44. The Morgan fingerprint density at radius 2 is 1.58 bits per heavy atom. The highest BCUT2D eigenvalue weighted by atomic mass is 16.9. The summed E-state index contributed by atoms with van der Waals surface area (Å²) in [5.74, 6) is 0.225. The molecule has 3 heterocycles. The van der Waals surface area contributed by atoms with Gasteiger partial charge in [0.2, 0.25) is 0 Å². The Labute approximate surface area is 186 Å². The topological polar surface area (TPSA) is 63.6 Å². The van der Waals surface area contributed by atoms with E-state index in [1.807, 2.05) is 13.8 Å². The van der Waals surface area contributed by atoms with E-state index in [1.165, 1.54) is 11.3 Å². The molecule has 0 spiro atoms. The number of aliphatic hydroxyl groups is 1. The monoisotopic (exact) mass is 436 g/mol. The van der Waals surface area contributed by atoms with Gasteiger partial charge in [0.25, 0.3) is 0 Å². The molecule has 0 saturated carbocycles. The van der Waals surface area contributed by atoms with E-state index >= 15 is 0 Å². The van der Waals surface area contributed by atoms with E-state index in [9.17, 15) is 5.11 Å². The molecule has 31 heavy (non-hydrogen) atoms. The number of hydrogen-bond acceptors (Lipinski definition) is 7. The summed E-state index contributed by atoms with van der Waals surface area (Å²) in [7, 11) is 0. The molecule has 4 aliphatic rings. The van der Waals surface area contributed by atoms with Crippen molar-refractivity contribution in [1.82, 2.24) is 9.80 Å². The summed E-state index contributed by atoms with van der Waals surface area (Å²) in [4.78, 5) is 5.05. The molecule has 176 valence electrons. The molecule has 1 aliphatic carbocycles. The summed E-state index contributed by atoms with van der Waals surface area (Å²) in [5.41, 5.74) is 2.97. The quantitative estimate of drug-likeness (QED) is 0.565. The van der Waals surface area contributed by atoms with Crippen LogP contribution in [0.3, 0.4) is 0 Å². The fourth-order valence-electron chi connectivity index (χ4n) is 5.22. The molecule has 7 heteroatoms. The minimum Gasteiger partial charge on any atom is -0.396 e. The van der Waals surface area contributed by atoms with Crippen molar-refractivity contribution in [2.24, 2.45) is 11.3 Å². The van der Waals surface area contributed by atoms with Crippen molar-refractivity contribution in [2.75, 3.05) is 32.8 Å². The van der Waals surface area contributed by atoms with Gasteiger partial charge in [0.15, 0.2) is 25.2 Å². The first-order valence-electron chi connectivity index (χ1n) is 11.9. The van der Waals surface area contributed by atoms with Crippen molar-refractivity contribution in [2.45, 2.75) is 85.1 Å². The fraction of sp³-hybridized carbons (Fsp3) is 0.833. The number of hydrogen-bond donors (Lipinski definition) is 1. The molecule has 0 aromatic rings. The second kappa shape index (κ2) is 9.49. The summed E-state index contributed by atoms with van der Waals surface area (Å²) in [5, 5.41) is 9.70. The minimum atomic E-state index is -0.0820. The van der Waals surface area contributed by atoms with Gasteiger partial charge in [0.1, 0.15) is 0 Å². The number of rotatable bonds is 10. The largest absolute Gasteiger partial charge is 0.396 e. The van der Waals surface area contributed by atoms with E-state index in [0.717, 1.165) is 45.4 Å². The van der Waals surface area contributed by atoms with Crippen LogP contribution in [0.25, 0.3) is 0 Å². The molecule has 3 aliphatic heterocycles. The predicted molar refractivity (Wildman–Crippen MR) is 118 cm³/mol. The summed E-state index contributed by atoms with van der Waals surface area (Å²) in [6.07, 6.45) is 6.80. The van der Waals surface area contributed by atoms with Crippen LogP contribution in [0, 0.1) is 11.3 Å². The van der Waals surface area contributed by atoms with Crippen molar-refractivity contribution < 1.29 is 24.1 Å². The molecule has 0 aromatic carbocycles.